The van der Waals surface area contributed by atoms with E-state index in [1.165, 1.54) is 30.7 Å². The maximum Gasteiger partial charge on any atom is 0.355 e. The molecule has 0 radical (unpaired) electrons. The number of rotatable bonds is 2. The molecule has 1 unspecified atom stereocenters. The van der Waals surface area contributed by atoms with E-state index in [2.05, 4.69) is 14.8 Å². The predicted molar refractivity (Wildman–Crippen MR) is 65.9 cm³/mol. The van der Waals surface area contributed by atoms with E-state index in [1.54, 1.807) is 5.38 Å². The van der Waals surface area contributed by atoms with Crippen molar-refractivity contribution >= 4 is 22.4 Å². The van der Waals surface area contributed by atoms with Gasteiger partial charge in [-0.1, -0.05) is 0 Å². The molecule has 0 saturated carbocycles. The molecule has 5 nitrogen and oxygen atoms in total. The molecule has 6 heteroatoms. The Labute approximate surface area is 104 Å². The minimum Gasteiger partial charge on any atom is -0.476 e. The van der Waals surface area contributed by atoms with Crippen LogP contribution in [-0.2, 0) is 0 Å². The van der Waals surface area contributed by atoms with Crippen LogP contribution in [0.5, 0.6) is 0 Å². The third-order valence-electron chi connectivity index (χ3n) is 3.57. The number of carbonyl (C=O) groups is 1. The van der Waals surface area contributed by atoms with Crippen LogP contribution in [0.25, 0.3) is 0 Å². The van der Waals surface area contributed by atoms with Crippen molar-refractivity contribution in [1.82, 2.24) is 9.88 Å². The number of thiazole rings is 1. The Morgan fingerprint density at radius 3 is 3.12 bits per heavy atom. The van der Waals surface area contributed by atoms with Gasteiger partial charge in [0.2, 0.25) is 0 Å². The number of nitrogens with zero attached hydrogens (tertiary/aromatic N) is 3. The summed E-state index contributed by atoms with van der Waals surface area (Å²) in [5, 5.41) is 11.3. The van der Waals surface area contributed by atoms with Crippen LogP contribution in [0.4, 0.5) is 5.13 Å². The molecular weight excluding hydrogens is 238 g/mol. The Hall–Kier alpha value is -1.14. The van der Waals surface area contributed by atoms with Crippen molar-refractivity contribution in [2.45, 2.75) is 18.9 Å². The van der Waals surface area contributed by atoms with Crippen LogP contribution in [0.1, 0.15) is 23.3 Å². The maximum atomic E-state index is 10.8. The summed E-state index contributed by atoms with van der Waals surface area (Å²) in [4.78, 5) is 19.7. The molecule has 92 valence electrons. The molecule has 0 spiro atoms. The summed E-state index contributed by atoms with van der Waals surface area (Å²) in [5.41, 5.74) is 0.166. The van der Waals surface area contributed by atoms with Gasteiger partial charge < -0.3 is 10.0 Å². The van der Waals surface area contributed by atoms with Gasteiger partial charge in [-0.15, -0.1) is 11.3 Å². The third kappa shape index (κ3) is 2.02. The smallest absolute Gasteiger partial charge is 0.355 e. The lowest BCUT2D eigenvalue weighted by molar-refractivity contribution is 0.0691. The Balaban J connectivity index is 1.73. The fourth-order valence-electron chi connectivity index (χ4n) is 2.67. The fourth-order valence-corrected chi connectivity index (χ4v) is 3.51. The number of anilines is 1. The summed E-state index contributed by atoms with van der Waals surface area (Å²) in [6.45, 7) is 4.25. The Morgan fingerprint density at radius 2 is 2.35 bits per heavy atom. The SMILES string of the molecule is O=C(O)c1csc(N2CCN3CCCC3C2)n1. The second-order valence-corrected chi connectivity index (χ2v) is 5.44. The number of hydrogen-bond donors (Lipinski definition) is 1. The van der Waals surface area contributed by atoms with E-state index in [0.29, 0.717) is 6.04 Å². The van der Waals surface area contributed by atoms with Crippen molar-refractivity contribution in [3.05, 3.63) is 11.1 Å². The second-order valence-electron chi connectivity index (χ2n) is 4.60. The fraction of sp³-hybridized carbons (Fsp3) is 0.636. The lowest BCUT2D eigenvalue weighted by Gasteiger charge is -2.37. The molecule has 3 heterocycles. The van der Waals surface area contributed by atoms with Gasteiger partial charge in [-0.05, 0) is 19.4 Å². The zero-order valence-electron chi connectivity index (χ0n) is 9.50. The first-order valence-corrected chi connectivity index (χ1v) is 6.80. The van der Waals surface area contributed by atoms with Crippen LogP contribution in [0, 0.1) is 0 Å². The van der Waals surface area contributed by atoms with Gasteiger partial charge in [-0.25, -0.2) is 9.78 Å². The van der Waals surface area contributed by atoms with E-state index in [0.717, 1.165) is 24.8 Å². The Morgan fingerprint density at radius 1 is 1.47 bits per heavy atom. The molecule has 2 aliphatic heterocycles. The highest BCUT2D eigenvalue weighted by atomic mass is 32.1. The van der Waals surface area contributed by atoms with Crippen LogP contribution in [-0.4, -0.2) is 53.2 Å². The van der Waals surface area contributed by atoms with E-state index >= 15 is 0 Å². The summed E-state index contributed by atoms with van der Waals surface area (Å²) in [6, 6.07) is 0.640. The molecule has 2 fully saturated rings. The third-order valence-corrected chi connectivity index (χ3v) is 4.47. The van der Waals surface area contributed by atoms with E-state index in [9.17, 15) is 4.79 Å². The summed E-state index contributed by atoms with van der Waals surface area (Å²) in [5.74, 6) is -0.938. The van der Waals surface area contributed by atoms with E-state index < -0.39 is 5.97 Å². The van der Waals surface area contributed by atoms with Gasteiger partial charge in [0.15, 0.2) is 10.8 Å². The van der Waals surface area contributed by atoms with Crippen LogP contribution in [0.2, 0.25) is 0 Å². The normalized spacial score (nSPS) is 24.9. The van der Waals surface area contributed by atoms with E-state index in [4.69, 9.17) is 5.11 Å². The zero-order valence-corrected chi connectivity index (χ0v) is 10.3. The quantitative estimate of drug-likeness (QED) is 0.856. The van der Waals surface area contributed by atoms with Crippen LogP contribution in [0.15, 0.2) is 5.38 Å². The van der Waals surface area contributed by atoms with Gasteiger partial charge in [0.05, 0.1) is 0 Å². The van der Waals surface area contributed by atoms with E-state index in [-0.39, 0.29) is 5.69 Å². The minimum absolute atomic E-state index is 0.166. The first kappa shape index (κ1) is 11.0. The standard InChI is InChI=1S/C11H15N3O2S/c15-10(16)9-7-17-11(12-9)14-5-4-13-3-1-2-8(13)6-14/h7-8H,1-6H2,(H,15,16). The molecule has 17 heavy (non-hydrogen) atoms. The number of fused-ring (bicyclic) bond motifs is 1. The minimum atomic E-state index is -0.938. The average molecular weight is 253 g/mol. The summed E-state index contributed by atoms with van der Waals surface area (Å²) in [6.07, 6.45) is 2.55. The number of aromatic nitrogens is 1. The molecule has 1 N–H and O–H groups in total. The Bertz CT molecular complexity index is 434. The molecule has 1 aromatic heterocycles. The van der Waals surface area contributed by atoms with Gasteiger partial charge in [-0.2, -0.15) is 0 Å². The maximum absolute atomic E-state index is 10.8. The Kier molecular flexibility index (Phi) is 2.76. The van der Waals surface area contributed by atoms with Gasteiger partial charge >= 0.3 is 5.97 Å². The highest BCUT2D eigenvalue weighted by Gasteiger charge is 2.31. The van der Waals surface area contributed by atoms with Gasteiger partial charge in [0.25, 0.3) is 0 Å². The largest absolute Gasteiger partial charge is 0.476 e. The number of piperazine rings is 1. The van der Waals surface area contributed by atoms with Crippen LogP contribution < -0.4 is 4.90 Å². The molecular formula is C11H15N3O2S. The van der Waals surface area contributed by atoms with E-state index in [1.807, 2.05) is 0 Å². The van der Waals surface area contributed by atoms with Crippen molar-refractivity contribution < 1.29 is 9.90 Å². The second kappa shape index (κ2) is 4.27. The van der Waals surface area contributed by atoms with Gasteiger partial charge in [0, 0.05) is 31.1 Å². The highest BCUT2D eigenvalue weighted by Crippen LogP contribution is 2.27. The highest BCUT2D eigenvalue weighted by molar-refractivity contribution is 7.13. The van der Waals surface area contributed by atoms with Gasteiger partial charge in [-0.3, -0.25) is 4.90 Å². The molecule has 1 atom stereocenters. The van der Waals surface area contributed by atoms with Crippen molar-refractivity contribution in [3.63, 3.8) is 0 Å². The number of carboxylic acid groups (broad SMARTS) is 1. The summed E-state index contributed by atoms with van der Waals surface area (Å²) >= 11 is 1.43. The molecule has 2 aliphatic rings. The lowest BCUT2D eigenvalue weighted by atomic mass is 10.2. The molecule has 0 amide bonds. The monoisotopic (exact) mass is 253 g/mol. The molecule has 3 rings (SSSR count). The predicted octanol–water partition coefficient (Wildman–Crippen LogP) is 1.13. The van der Waals surface area contributed by atoms with Crippen molar-refractivity contribution in [2.75, 3.05) is 31.1 Å². The first-order chi connectivity index (χ1) is 8.24. The molecule has 2 saturated heterocycles. The van der Waals surface area contributed by atoms with Crippen molar-refractivity contribution in [2.24, 2.45) is 0 Å². The zero-order chi connectivity index (χ0) is 11.8. The van der Waals surface area contributed by atoms with Crippen molar-refractivity contribution in [1.29, 1.82) is 0 Å². The number of hydrogen-bond acceptors (Lipinski definition) is 5. The summed E-state index contributed by atoms with van der Waals surface area (Å²) < 4.78 is 0. The molecule has 1 aromatic rings. The van der Waals surface area contributed by atoms with Gasteiger partial charge in [0.1, 0.15) is 0 Å². The lowest BCUT2D eigenvalue weighted by Crippen LogP contribution is -2.50. The first-order valence-electron chi connectivity index (χ1n) is 5.92. The van der Waals surface area contributed by atoms with Crippen molar-refractivity contribution in [3.8, 4) is 0 Å². The molecule has 0 aliphatic carbocycles. The number of carboxylic acids is 1. The summed E-state index contributed by atoms with van der Waals surface area (Å²) in [7, 11) is 0. The average Bonchev–Trinajstić information content (AvgIpc) is 2.97. The van der Waals surface area contributed by atoms with Crippen LogP contribution >= 0.6 is 11.3 Å². The number of aromatic carboxylic acids is 1. The van der Waals surface area contributed by atoms with Crippen LogP contribution in [0.3, 0.4) is 0 Å². The molecule has 0 aromatic carbocycles. The molecule has 0 bridgehead atoms. The topological polar surface area (TPSA) is 56.7 Å².